The van der Waals surface area contributed by atoms with Crippen LogP contribution in [0.25, 0.3) is 0 Å². The van der Waals surface area contributed by atoms with E-state index in [-0.39, 0.29) is 5.60 Å². The summed E-state index contributed by atoms with van der Waals surface area (Å²) in [7, 11) is 0. The third-order valence-electron chi connectivity index (χ3n) is 3.85. The lowest BCUT2D eigenvalue weighted by atomic mass is 9.91. The summed E-state index contributed by atoms with van der Waals surface area (Å²) in [5, 5.41) is 0. The van der Waals surface area contributed by atoms with E-state index >= 15 is 0 Å². The molecule has 2 N–H and O–H groups in total. The lowest BCUT2D eigenvalue weighted by molar-refractivity contribution is -0.0724. The number of likely N-dealkylation sites (tertiary alicyclic amines) is 1. The molecule has 1 saturated heterocycles. The van der Waals surface area contributed by atoms with Crippen LogP contribution in [0.5, 0.6) is 0 Å². The van der Waals surface area contributed by atoms with Gasteiger partial charge < -0.3 is 15.4 Å². The average Bonchev–Trinajstić information content (AvgIpc) is 2.31. The van der Waals surface area contributed by atoms with Crippen molar-refractivity contribution < 1.29 is 4.74 Å². The van der Waals surface area contributed by atoms with Gasteiger partial charge >= 0.3 is 0 Å². The highest BCUT2D eigenvalue weighted by atomic mass is 16.5. The fourth-order valence-electron chi connectivity index (χ4n) is 2.62. The summed E-state index contributed by atoms with van der Waals surface area (Å²) in [5.41, 5.74) is 5.84. The van der Waals surface area contributed by atoms with Gasteiger partial charge in [-0.3, -0.25) is 0 Å². The molecule has 0 saturated carbocycles. The van der Waals surface area contributed by atoms with E-state index in [4.69, 9.17) is 10.5 Å². The van der Waals surface area contributed by atoms with Gasteiger partial charge in [-0.05, 0) is 45.1 Å². The first kappa shape index (κ1) is 14.9. The summed E-state index contributed by atoms with van der Waals surface area (Å²) in [6, 6.07) is 0. The van der Waals surface area contributed by atoms with Gasteiger partial charge in [0, 0.05) is 26.2 Å². The molecule has 0 aromatic heterocycles. The molecule has 0 unspecified atom stereocenters. The molecule has 0 amide bonds. The summed E-state index contributed by atoms with van der Waals surface area (Å²) in [6.07, 6.45) is 4.85. The Morgan fingerprint density at radius 1 is 1.29 bits per heavy atom. The normalized spacial score (nSPS) is 21.0. The van der Waals surface area contributed by atoms with Gasteiger partial charge in [0.1, 0.15) is 0 Å². The van der Waals surface area contributed by atoms with Crippen LogP contribution in [0.4, 0.5) is 0 Å². The molecular formula is C14H30N2O. The number of hydrogen-bond acceptors (Lipinski definition) is 3. The number of piperidine rings is 1. The SMILES string of the molecule is CCOC1(CN)CCN(CCCC(C)C)CC1. The van der Waals surface area contributed by atoms with Gasteiger partial charge in [0.15, 0.2) is 0 Å². The number of ether oxygens (including phenoxy) is 1. The second kappa shape index (κ2) is 7.34. The van der Waals surface area contributed by atoms with E-state index in [1.807, 2.05) is 0 Å². The highest BCUT2D eigenvalue weighted by molar-refractivity contribution is 4.88. The van der Waals surface area contributed by atoms with Crippen LogP contribution in [0.3, 0.4) is 0 Å². The summed E-state index contributed by atoms with van der Waals surface area (Å²) < 4.78 is 5.86. The van der Waals surface area contributed by atoms with Crippen molar-refractivity contribution in [2.45, 2.75) is 52.1 Å². The van der Waals surface area contributed by atoms with Gasteiger partial charge in [0.05, 0.1) is 5.60 Å². The first-order chi connectivity index (χ1) is 8.12. The number of nitrogens with zero attached hydrogens (tertiary/aromatic N) is 1. The van der Waals surface area contributed by atoms with Gasteiger partial charge in [0.2, 0.25) is 0 Å². The minimum absolute atomic E-state index is 0.0245. The molecule has 1 aliphatic rings. The molecule has 3 nitrogen and oxygen atoms in total. The van der Waals surface area contributed by atoms with Crippen LogP contribution in [-0.2, 0) is 4.74 Å². The Morgan fingerprint density at radius 2 is 1.94 bits per heavy atom. The van der Waals surface area contributed by atoms with Crippen LogP contribution >= 0.6 is 0 Å². The van der Waals surface area contributed by atoms with Gasteiger partial charge in [-0.25, -0.2) is 0 Å². The molecule has 1 aliphatic heterocycles. The van der Waals surface area contributed by atoms with E-state index < -0.39 is 0 Å². The van der Waals surface area contributed by atoms with Crippen LogP contribution in [0, 0.1) is 5.92 Å². The molecule has 1 heterocycles. The first-order valence-corrected chi connectivity index (χ1v) is 7.18. The predicted octanol–water partition coefficient (Wildman–Crippen LogP) is 2.25. The van der Waals surface area contributed by atoms with Crippen LogP contribution in [-0.4, -0.2) is 43.3 Å². The maximum absolute atomic E-state index is 5.87. The molecule has 0 spiro atoms. The summed E-state index contributed by atoms with van der Waals surface area (Å²) in [4.78, 5) is 2.56. The van der Waals surface area contributed by atoms with Crippen LogP contribution in [0.1, 0.15) is 46.5 Å². The molecule has 102 valence electrons. The highest BCUT2D eigenvalue weighted by Gasteiger charge is 2.33. The Morgan fingerprint density at radius 3 is 2.41 bits per heavy atom. The van der Waals surface area contributed by atoms with Gasteiger partial charge in [-0.2, -0.15) is 0 Å². The molecule has 0 aromatic carbocycles. The Kier molecular flexibility index (Phi) is 6.45. The summed E-state index contributed by atoms with van der Waals surface area (Å²) in [6.45, 7) is 11.6. The minimum atomic E-state index is -0.0245. The topological polar surface area (TPSA) is 38.5 Å². The Labute approximate surface area is 107 Å². The molecule has 17 heavy (non-hydrogen) atoms. The predicted molar refractivity (Wildman–Crippen MR) is 73.2 cm³/mol. The fourth-order valence-corrected chi connectivity index (χ4v) is 2.62. The van der Waals surface area contributed by atoms with Crippen molar-refractivity contribution in [2.24, 2.45) is 11.7 Å². The second-order valence-corrected chi connectivity index (χ2v) is 5.70. The van der Waals surface area contributed by atoms with Crippen molar-refractivity contribution in [1.29, 1.82) is 0 Å². The lowest BCUT2D eigenvalue weighted by Gasteiger charge is -2.41. The largest absolute Gasteiger partial charge is 0.374 e. The molecule has 0 aliphatic carbocycles. The van der Waals surface area contributed by atoms with Crippen molar-refractivity contribution >= 4 is 0 Å². The van der Waals surface area contributed by atoms with Gasteiger partial charge in [0.25, 0.3) is 0 Å². The van der Waals surface area contributed by atoms with Crippen molar-refractivity contribution in [1.82, 2.24) is 4.90 Å². The summed E-state index contributed by atoms with van der Waals surface area (Å²) in [5.74, 6) is 0.825. The van der Waals surface area contributed by atoms with Crippen molar-refractivity contribution in [3.05, 3.63) is 0 Å². The smallest absolute Gasteiger partial charge is 0.0828 e. The zero-order valence-electron chi connectivity index (χ0n) is 11.9. The van der Waals surface area contributed by atoms with E-state index in [0.717, 1.165) is 38.5 Å². The van der Waals surface area contributed by atoms with Crippen molar-refractivity contribution in [3.8, 4) is 0 Å². The third kappa shape index (κ3) is 4.94. The van der Waals surface area contributed by atoms with Gasteiger partial charge in [-0.1, -0.05) is 13.8 Å². The van der Waals surface area contributed by atoms with Crippen molar-refractivity contribution in [2.75, 3.05) is 32.8 Å². The average molecular weight is 242 g/mol. The zero-order chi connectivity index (χ0) is 12.7. The quantitative estimate of drug-likeness (QED) is 0.744. The third-order valence-corrected chi connectivity index (χ3v) is 3.85. The molecule has 0 bridgehead atoms. The minimum Gasteiger partial charge on any atom is -0.374 e. The van der Waals surface area contributed by atoms with Crippen LogP contribution in [0.2, 0.25) is 0 Å². The Hall–Kier alpha value is -0.120. The van der Waals surface area contributed by atoms with E-state index in [1.165, 1.54) is 19.4 Å². The molecule has 0 aromatic rings. The highest BCUT2D eigenvalue weighted by Crippen LogP contribution is 2.25. The monoisotopic (exact) mass is 242 g/mol. The standard InChI is InChI=1S/C14H30N2O/c1-4-17-14(12-15)7-10-16(11-8-14)9-5-6-13(2)3/h13H,4-12,15H2,1-3H3. The Balaban J connectivity index is 2.24. The molecule has 0 radical (unpaired) electrons. The van der Waals surface area contributed by atoms with E-state index in [1.54, 1.807) is 0 Å². The molecule has 3 heteroatoms. The number of hydrogen-bond donors (Lipinski definition) is 1. The van der Waals surface area contributed by atoms with E-state index in [9.17, 15) is 0 Å². The Bertz CT molecular complexity index is 198. The zero-order valence-corrected chi connectivity index (χ0v) is 11.9. The number of nitrogens with two attached hydrogens (primary N) is 1. The second-order valence-electron chi connectivity index (χ2n) is 5.70. The molecule has 0 atom stereocenters. The fraction of sp³-hybridized carbons (Fsp3) is 1.00. The lowest BCUT2D eigenvalue weighted by Crippen LogP contribution is -2.50. The molecule has 1 rings (SSSR count). The maximum atomic E-state index is 5.87. The molecular weight excluding hydrogens is 212 g/mol. The van der Waals surface area contributed by atoms with E-state index in [0.29, 0.717) is 6.54 Å². The molecule has 1 fully saturated rings. The van der Waals surface area contributed by atoms with Crippen LogP contribution in [0.15, 0.2) is 0 Å². The number of rotatable bonds is 7. The maximum Gasteiger partial charge on any atom is 0.0828 e. The van der Waals surface area contributed by atoms with E-state index in [2.05, 4.69) is 25.7 Å². The summed E-state index contributed by atoms with van der Waals surface area (Å²) >= 11 is 0. The van der Waals surface area contributed by atoms with Gasteiger partial charge in [-0.15, -0.1) is 0 Å². The van der Waals surface area contributed by atoms with Crippen molar-refractivity contribution in [3.63, 3.8) is 0 Å². The first-order valence-electron chi connectivity index (χ1n) is 7.18. The van der Waals surface area contributed by atoms with Crippen LogP contribution < -0.4 is 5.73 Å².